The van der Waals surface area contributed by atoms with Crippen LogP contribution in [0.3, 0.4) is 0 Å². The molecule has 0 N–H and O–H groups in total. The minimum atomic E-state index is 0.566. The lowest BCUT2D eigenvalue weighted by Gasteiger charge is -2.12. The zero-order chi connectivity index (χ0) is 37.5. The second-order valence-electron chi connectivity index (χ2n) is 14.4. The molecule has 4 heterocycles. The summed E-state index contributed by atoms with van der Waals surface area (Å²) in [5.74, 6) is 1.77. The van der Waals surface area contributed by atoms with E-state index in [9.17, 15) is 0 Å². The quantitative estimate of drug-likeness (QED) is 0.176. The monoisotopic (exact) mass is 730 g/mol. The number of para-hydroxylation sites is 4. The third kappa shape index (κ3) is 4.94. The van der Waals surface area contributed by atoms with Gasteiger partial charge in [0, 0.05) is 49.0 Å². The number of benzene rings is 8. The Morgan fingerprint density at radius 1 is 0.351 bits per heavy atom. The van der Waals surface area contributed by atoms with E-state index < -0.39 is 0 Å². The standard InChI is InChI=1S/C51H30N4O2/c1-2-13-31(14-3-1)49-52-50(54-51(53-49)55-42-23-7-4-17-37(42)38-18-5-8-24-43(38)55)34-16-10-15-32(29-34)35-20-12-26-46-47(35)41-30-33(27-28-45(41)56-46)36-21-11-22-40-39-19-6-9-25-44(39)57-48(36)40/h1-30H. The Hall–Kier alpha value is -7.83. The van der Waals surface area contributed by atoms with Crippen LogP contribution in [0.5, 0.6) is 0 Å². The average molecular weight is 731 g/mol. The molecular formula is C51H30N4O2. The molecule has 57 heavy (non-hydrogen) atoms. The van der Waals surface area contributed by atoms with Crippen molar-refractivity contribution in [2.24, 2.45) is 0 Å². The first-order valence-corrected chi connectivity index (χ1v) is 19.0. The molecule has 266 valence electrons. The van der Waals surface area contributed by atoms with Gasteiger partial charge in [-0.3, -0.25) is 4.57 Å². The zero-order valence-electron chi connectivity index (χ0n) is 30.4. The van der Waals surface area contributed by atoms with Crippen molar-refractivity contribution in [2.75, 3.05) is 0 Å². The van der Waals surface area contributed by atoms with E-state index in [1.807, 2.05) is 48.5 Å². The van der Waals surface area contributed by atoms with E-state index in [4.69, 9.17) is 23.8 Å². The van der Waals surface area contributed by atoms with E-state index in [1.165, 1.54) is 0 Å². The van der Waals surface area contributed by atoms with Gasteiger partial charge in [0.2, 0.25) is 5.95 Å². The summed E-state index contributed by atoms with van der Waals surface area (Å²) in [6.45, 7) is 0. The molecule has 8 aromatic carbocycles. The van der Waals surface area contributed by atoms with Crippen molar-refractivity contribution in [1.29, 1.82) is 0 Å². The molecule has 0 aliphatic heterocycles. The molecule has 6 heteroatoms. The fourth-order valence-corrected chi connectivity index (χ4v) is 8.48. The van der Waals surface area contributed by atoms with Crippen LogP contribution in [0.15, 0.2) is 191 Å². The third-order valence-corrected chi connectivity index (χ3v) is 11.1. The number of hydrogen-bond donors (Lipinski definition) is 0. The van der Waals surface area contributed by atoms with Crippen molar-refractivity contribution in [3.8, 4) is 51.0 Å². The van der Waals surface area contributed by atoms with Gasteiger partial charge in [-0.15, -0.1) is 0 Å². The molecule has 0 amide bonds. The highest BCUT2D eigenvalue weighted by molar-refractivity contribution is 6.15. The second-order valence-corrected chi connectivity index (χ2v) is 14.4. The van der Waals surface area contributed by atoms with Gasteiger partial charge >= 0.3 is 0 Å². The van der Waals surface area contributed by atoms with Crippen molar-refractivity contribution >= 4 is 65.7 Å². The highest BCUT2D eigenvalue weighted by Crippen LogP contribution is 2.42. The predicted octanol–water partition coefficient (Wildman–Crippen LogP) is 13.4. The van der Waals surface area contributed by atoms with Crippen LogP contribution < -0.4 is 0 Å². The normalized spacial score (nSPS) is 11.9. The SMILES string of the molecule is c1ccc(-c2nc(-c3cccc(-c4cccc5oc6ccc(-c7cccc8c7oc7ccccc78)cc6c45)c3)nc(-n3c4ccccc4c4ccccc43)n2)cc1. The van der Waals surface area contributed by atoms with Crippen molar-refractivity contribution in [3.05, 3.63) is 182 Å². The minimum Gasteiger partial charge on any atom is -0.456 e. The molecule has 0 saturated carbocycles. The number of hydrogen-bond acceptors (Lipinski definition) is 5. The Labute approximate surface area is 325 Å². The molecule has 0 radical (unpaired) electrons. The van der Waals surface area contributed by atoms with Gasteiger partial charge in [-0.05, 0) is 59.2 Å². The average Bonchev–Trinajstić information content (AvgIpc) is 3.96. The van der Waals surface area contributed by atoms with Gasteiger partial charge in [0.15, 0.2) is 11.6 Å². The van der Waals surface area contributed by atoms with Crippen LogP contribution in [-0.4, -0.2) is 19.5 Å². The second kappa shape index (κ2) is 12.3. The Morgan fingerprint density at radius 2 is 0.930 bits per heavy atom. The van der Waals surface area contributed by atoms with Gasteiger partial charge in [-0.2, -0.15) is 9.97 Å². The number of aromatic nitrogens is 4. The van der Waals surface area contributed by atoms with Gasteiger partial charge in [0.25, 0.3) is 0 Å². The Balaban J connectivity index is 1.03. The Morgan fingerprint density at radius 3 is 1.75 bits per heavy atom. The molecule has 0 spiro atoms. The van der Waals surface area contributed by atoms with E-state index in [0.29, 0.717) is 17.6 Å². The van der Waals surface area contributed by atoms with Crippen LogP contribution in [0, 0.1) is 0 Å². The summed E-state index contributed by atoms with van der Waals surface area (Å²) >= 11 is 0. The molecule has 0 aliphatic rings. The van der Waals surface area contributed by atoms with E-state index >= 15 is 0 Å². The molecule has 0 saturated heterocycles. The maximum Gasteiger partial charge on any atom is 0.238 e. The summed E-state index contributed by atoms with van der Waals surface area (Å²) in [7, 11) is 0. The number of rotatable bonds is 5. The summed E-state index contributed by atoms with van der Waals surface area (Å²) in [5, 5.41) is 6.61. The smallest absolute Gasteiger partial charge is 0.238 e. The molecular weight excluding hydrogens is 701 g/mol. The first kappa shape index (κ1) is 31.5. The number of fused-ring (bicyclic) bond motifs is 9. The van der Waals surface area contributed by atoms with Gasteiger partial charge in [-0.1, -0.05) is 140 Å². The van der Waals surface area contributed by atoms with E-state index in [2.05, 4.69) is 138 Å². The summed E-state index contributed by atoms with van der Waals surface area (Å²) < 4.78 is 15.1. The minimum absolute atomic E-state index is 0.566. The molecule has 0 fully saturated rings. The Kier molecular flexibility index (Phi) is 6.83. The largest absolute Gasteiger partial charge is 0.456 e. The first-order chi connectivity index (χ1) is 28.2. The highest BCUT2D eigenvalue weighted by Gasteiger charge is 2.20. The van der Waals surface area contributed by atoms with Crippen molar-refractivity contribution in [2.45, 2.75) is 0 Å². The maximum absolute atomic E-state index is 6.49. The zero-order valence-corrected chi connectivity index (χ0v) is 30.4. The lowest BCUT2D eigenvalue weighted by Crippen LogP contribution is -2.06. The molecule has 0 aliphatic carbocycles. The van der Waals surface area contributed by atoms with Gasteiger partial charge in [-0.25, -0.2) is 4.98 Å². The number of furan rings is 2. The molecule has 6 nitrogen and oxygen atoms in total. The predicted molar refractivity (Wildman–Crippen MR) is 230 cm³/mol. The Bertz CT molecular complexity index is 3490. The van der Waals surface area contributed by atoms with Crippen molar-refractivity contribution in [1.82, 2.24) is 19.5 Å². The van der Waals surface area contributed by atoms with Gasteiger partial charge in [0.1, 0.15) is 22.3 Å². The fraction of sp³-hybridized carbons (Fsp3) is 0. The summed E-state index contributed by atoms with van der Waals surface area (Å²) in [4.78, 5) is 15.4. The molecule has 0 atom stereocenters. The van der Waals surface area contributed by atoms with Crippen molar-refractivity contribution in [3.63, 3.8) is 0 Å². The van der Waals surface area contributed by atoms with Crippen LogP contribution in [-0.2, 0) is 0 Å². The molecule has 12 rings (SSSR count). The van der Waals surface area contributed by atoms with Crippen LogP contribution >= 0.6 is 0 Å². The molecule has 0 unspecified atom stereocenters. The van der Waals surface area contributed by atoms with E-state index in [1.54, 1.807) is 0 Å². The summed E-state index contributed by atoms with van der Waals surface area (Å²) in [5.41, 5.74) is 11.5. The van der Waals surface area contributed by atoms with Gasteiger partial charge < -0.3 is 8.83 Å². The highest BCUT2D eigenvalue weighted by atomic mass is 16.3. The fourth-order valence-electron chi connectivity index (χ4n) is 8.48. The lowest BCUT2D eigenvalue weighted by atomic mass is 9.96. The summed E-state index contributed by atoms with van der Waals surface area (Å²) in [6.07, 6.45) is 0. The van der Waals surface area contributed by atoms with E-state index in [-0.39, 0.29) is 0 Å². The van der Waals surface area contributed by atoms with Crippen LogP contribution in [0.2, 0.25) is 0 Å². The lowest BCUT2D eigenvalue weighted by molar-refractivity contribution is 0.668. The topological polar surface area (TPSA) is 69.9 Å². The third-order valence-electron chi connectivity index (χ3n) is 11.1. The molecule has 0 bridgehead atoms. The van der Waals surface area contributed by atoms with Crippen molar-refractivity contribution < 1.29 is 8.83 Å². The molecule has 12 aromatic rings. The van der Waals surface area contributed by atoms with Crippen LogP contribution in [0.25, 0.3) is 117 Å². The van der Waals surface area contributed by atoms with Gasteiger partial charge in [0.05, 0.1) is 11.0 Å². The maximum atomic E-state index is 6.49. The number of nitrogens with zero attached hydrogens (tertiary/aromatic N) is 4. The van der Waals surface area contributed by atoms with E-state index in [0.717, 1.165) is 99.1 Å². The van der Waals surface area contributed by atoms with Crippen LogP contribution in [0.1, 0.15) is 0 Å². The first-order valence-electron chi connectivity index (χ1n) is 19.0. The summed E-state index contributed by atoms with van der Waals surface area (Å²) in [6, 6.07) is 62.6. The molecule has 4 aromatic heterocycles. The van der Waals surface area contributed by atoms with Crippen LogP contribution in [0.4, 0.5) is 0 Å².